The molecule has 15 heavy (non-hydrogen) atoms. The Morgan fingerprint density at radius 3 is 2.93 bits per heavy atom. The normalized spacial score (nSPS) is 28.2. The molecular formula is C11H19N3O. The van der Waals surface area contributed by atoms with E-state index < -0.39 is 0 Å². The summed E-state index contributed by atoms with van der Waals surface area (Å²) >= 11 is 0. The summed E-state index contributed by atoms with van der Waals surface area (Å²) in [5.74, 6) is 2.57. The van der Waals surface area contributed by atoms with E-state index in [9.17, 15) is 0 Å². The molecule has 0 aromatic carbocycles. The highest BCUT2D eigenvalue weighted by molar-refractivity contribution is 5.01. The molecule has 0 aliphatic heterocycles. The SMILES string of the molecule is CCC(N)c1noc(C2CCCC2C)n1. The lowest BCUT2D eigenvalue weighted by atomic mass is 9.98. The highest BCUT2D eigenvalue weighted by atomic mass is 16.5. The van der Waals surface area contributed by atoms with Gasteiger partial charge in [-0.25, -0.2) is 0 Å². The van der Waals surface area contributed by atoms with Crippen molar-refractivity contribution in [1.82, 2.24) is 10.1 Å². The number of nitrogens with zero attached hydrogens (tertiary/aromatic N) is 2. The number of nitrogens with two attached hydrogens (primary N) is 1. The van der Waals surface area contributed by atoms with Gasteiger partial charge in [-0.2, -0.15) is 4.98 Å². The third kappa shape index (κ3) is 2.04. The largest absolute Gasteiger partial charge is 0.339 e. The van der Waals surface area contributed by atoms with Gasteiger partial charge in [0.2, 0.25) is 5.89 Å². The van der Waals surface area contributed by atoms with Crippen LogP contribution in [-0.2, 0) is 0 Å². The van der Waals surface area contributed by atoms with Gasteiger partial charge in [-0.1, -0.05) is 25.4 Å². The van der Waals surface area contributed by atoms with Crippen LogP contribution < -0.4 is 5.73 Å². The van der Waals surface area contributed by atoms with E-state index in [1.54, 1.807) is 0 Å². The zero-order chi connectivity index (χ0) is 10.8. The van der Waals surface area contributed by atoms with Gasteiger partial charge in [0.15, 0.2) is 5.82 Å². The number of aromatic nitrogens is 2. The molecule has 1 saturated carbocycles. The summed E-state index contributed by atoms with van der Waals surface area (Å²) in [6.45, 7) is 4.28. The van der Waals surface area contributed by atoms with E-state index in [1.165, 1.54) is 19.3 Å². The average Bonchev–Trinajstić information content (AvgIpc) is 2.84. The monoisotopic (exact) mass is 209 g/mol. The molecule has 0 amide bonds. The van der Waals surface area contributed by atoms with Crippen molar-refractivity contribution in [3.05, 3.63) is 11.7 Å². The van der Waals surface area contributed by atoms with Crippen LogP contribution in [0.15, 0.2) is 4.52 Å². The lowest BCUT2D eigenvalue weighted by molar-refractivity contribution is 0.326. The third-order valence-electron chi connectivity index (χ3n) is 3.41. The number of hydrogen-bond acceptors (Lipinski definition) is 4. The van der Waals surface area contributed by atoms with Crippen LogP contribution in [0.4, 0.5) is 0 Å². The third-order valence-corrected chi connectivity index (χ3v) is 3.41. The van der Waals surface area contributed by atoms with E-state index in [-0.39, 0.29) is 6.04 Å². The Balaban J connectivity index is 2.12. The molecule has 1 aliphatic carbocycles. The van der Waals surface area contributed by atoms with Crippen molar-refractivity contribution in [2.24, 2.45) is 11.7 Å². The molecule has 0 spiro atoms. The summed E-state index contributed by atoms with van der Waals surface area (Å²) in [5.41, 5.74) is 5.86. The molecule has 0 saturated heterocycles. The second-order valence-corrected chi connectivity index (χ2v) is 4.52. The minimum absolute atomic E-state index is 0.0841. The molecule has 4 heteroatoms. The molecule has 1 aromatic rings. The lowest BCUT2D eigenvalue weighted by Gasteiger charge is -2.08. The van der Waals surface area contributed by atoms with Gasteiger partial charge in [0.1, 0.15) is 0 Å². The topological polar surface area (TPSA) is 64.9 Å². The molecule has 2 N–H and O–H groups in total. The van der Waals surface area contributed by atoms with Gasteiger partial charge in [-0.05, 0) is 25.2 Å². The van der Waals surface area contributed by atoms with E-state index in [1.807, 2.05) is 6.92 Å². The van der Waals surface area contributed by atoms with Gasteiger partial charge < -0.3 is 10.3 Å². The van der Waals surface area contributed by atoms with Crippen LogP contribution in [0.3, 0.4) is 0 Å². The molecule has 1 aliphatic rings. The Labute approximate surface area is 90.2 Å². The Morgan fingerprint density at radius 2 is 2.33 bits per heavy atom. The smallest absolute Gasteiger partial charge is 0.230 e. The maximum Gasteiger partial charge on any atom is 0.230 e. The van der Waals surface area contributed by atoms with Crippen molar-refractivity contribution in [1.29, 1.82) is 0 Å². The van der Waals surface area contributed by atoms with Crippen LogP contribution in [0.2, 0.25) is 0 Å². The summed E-state index contributed by atoms with van der Waals surface area (Å²) in [5, 5.41) is 3.95. The van der Waals surface area contributed by atoms with Gasteiger partial charge >= 0.3 is 0 Å². The quantitative estimate of drug-likeness (QED) is 0.830. The van der Waals surface area contributed by atoms with Crippen molar-refractivity contribution in [3.63, 3.8) is 0 Å². The molecule has 3 unspecified atom stereocenters. The summed E-state index contributed by atoms with van der Waals surface area (Å²) in [4.78, 5) is 4.41. The van der Waals surface area contributed by atoms with Crippen LogP contribution in [0.25, 0.3) is 0 Å². The van der Waals surface area contributed by atoms with Crippen LogP contribution in [0.5, 0.6) is 0 Å². The average molecular weight is 209 g/mol. The first kappa shape index (κ1) is 10.6. The summed E-state index contributed by atoms with van der Waals surface area (Å²) < 4.78 is 5.30. The maximum absolute atomic E-state index is 5.86. The fourth-order valence-electron chi connectivity index (χ4n) is 2.24. The maximum atomic E-state index is 5.86. The fourth-order valence-corrected chi connectivity index (χ4v) is 2.24. The van der Waals surface area contributed by atoms with Crippen LogP contribution >= 0.6 is 0 Å². The van der Waals surface area contributed by atoms with Gasteiger partial charge in [0.25, 0.3) is 0 Å². The molecule has 0 radical (unpaired) electrons. The van der Waals surface area contributed by atoms with Gasteiger partial charge in [0.05, 0.1) is 6.04 Å². The second kappa shape index (κ2) is 4.31. The highest BCUT2D eigenvalue weighted by Gasteiger charge is 2.30. The van der Waals surface area contributed by atoms with Crippen molar-refractivity contribution in [2.75, 3.05) is 0 Å². The fraction of sp³-hybridized carbons (Fsp3) is 0.818. The van der Waals surface area contributed by atoms with E-state index in [0.29, 0.717) is 17.7 Å². The van der Waals surface area contributed by atoms with E-state index in [2.05, 4.69) is 17.1 Å². The predicted octanol–water partition coefficient (Wildman–Crippen LogP) is 2.38. The minimum Gasteiger partial charge on any atom is -0.339 e. The Kier molecular flexibility index (Phi) is 3.05. The van der Waals surface area contributed by atoms with E-state index in [0.717, 1.165) is 12.3 Å². The van der Waals surface area contributed by atoms with E-state index in [4.69, 9.17) is 10.3 Å². The van der Waals surface area contributed by atoms with Crippen molar-refractivity contribution >= 4 is 0 Å². The predicted molar refractivity (Wildman–Crippen MR) is 57.3 cm³/mol. The van der Waals surface area contributed by atoms with E-state index >= 15 is 0 Å². The molecule has 0 bridgehead atoms. The van der Waals surface area contributed by atoms with Crippen LogP contribution in [0, 0.1) is 5.92 Å². The lowest BCUT2D eigenvalue weighted by Crippen LogP contribution is -2.11. The zero-order valence-electron chi connectivity index (χ0n) is 9.44. The molecule has 84 valence electrons. The summed E-state index contributed by atoms with van der Waals surface area (Å²) in [6.07, 6.45) is 4.55. The van der Waals surface area contributed by atoms with Crippen molar-refractivity contribution < 1.29 is 4.52 Å². The molecule has 1 fully saturated rings. The standard InChI is InChI=1S/C11H19N3O/c1-3-9(12)10-13-11(15-14-10)8-6-4-5-7(8)2/h7-9H,3-6,12H2,1-2H3. The first-order valence-corrected chi connectivity index (χ1v) is 5.81. The Morgan fingerprint density at radius 1 is 1.53 bits per heavy atom. The molecular weight excluding hydrogens is 190 g/mol. The van der Waals surface area contributed by atoms with Crippen LogP contribution in [-0.4, -0.2) is 10.1 Å². The Bertz CT molecular complexity index is 323. The molecule has 4 nitrogen and oxygen atoms in total. The summed E-state index contributed by atoms with van der Waals surface area (Å²) in [7, 11) is 0. The number of hydrogen-bond donors (Lipinski definition) is 1. The van der Waals surface area contributed by atoms with Crippen molar-refractivity contribution in [3.8, 4) is 0 Å². The zero-order valence-corrected chi connectivity index (χ0v) is 9.44. The van der Waals surface area contributed by atoms with Crippen LogP contribution in [0.1, 0.15) is 63.2 Å². The van der Waals surface area contributed by atoms with Gasteiger partial charge in [-0.3, -0.25) is 0 Å². The van der Waals surface area contributed by atoms with Gasteiger partial charge in [0, 0.05) is 5.92 Å². The summed E-state index contributed by atoms with van der Waals surface area (Å²) in [6, 6.07) is -0.0841. The van der Waals surface area contributed by atoms with Gasteiger partial charge in [-0.15, -0.1) is 0 Å². The highest BCUT2D eigenvalue weighted by Crippen LogP contribution is 2.38. The minimum atomic E-state index is -0.0841. The molecule has 1 heterocycles. The van der Waals surface area contributed by atoms with Crippen molar-refractivity contribution in [2.45, 2.75) is 51.5 Å². The first-order valence-electron chi connectivity index (χ1n) is 5.81. The number of rotatable bonds is 3. The first-order chi connectivity index (χ1) is 7.22. The second-order valence-electron chi connectivity index (χ2n) is 4.52. The Hall–Kier alpha value is -0.900. The molecule has 1 aromatic heterocycles. The molecule has 2 rings (SSSR count). The molecule has 3 atom stereocenters.